The summed E-state index contributed by atoms with van der Waals surface area (Å²) < 4.78 is 0. The Hall–Kier alpha value is -1.39. The minimum Gasteiger partial charge on any atom is -0.277 e. The van der Waals surface area contributed by atoms with Gasteiger partial charge in [-0.05, 0) is 25.2 Å². The Morgan fingerprint density at radius 2 is 1.83 bits per heavy atom. The first-order chi connectivity index (χ1) is 8.55. The molecular weight excluding hydrogens is 232 g/mol. The number of hydrogen-bond acceptors (Lipinski definition) is 3. The normalized spacial score (nSPS) is 23.2. The van der Waals surface area contributed by atoms with Gasteiger partial charge in [0.1, 0.15) is 5.41 Å². The highest BCUT2D eigenvalue weighted by atomic mass is 16.2. The first-order valence-corrected chi connectivity index (χ1v) is 6.72. The van der Waals surface area contributed by atoms with Crippen molar-refractivity contribution in [3.63, 3.8) is 0 Å². The van der Waals surface area contributed by atoms with Gasteiger partial charge in [-0.3, -0.25) is 19.8 Å². The molecule has 18 heavy (non-hydrogen) atoms. The summed E-state index contributed by atoms with van der Waals surface area (Å²) in [6, 6.07) is -0.553. The molecule has 2 aliphatic rings. The van der Waals surface area contributed by atoms with Crippen molar-refractivity contribution in [2.24, 2.45) is 11.3 Å². The van der Waals surface area contributed by atoms with E-state index in [1.807, 2.05) is 13.8 Å². The van der Waals surface area contributed by atoms with E-state index in [4.69, 9.17) is 0 Å². The molecule has 100 valence electrons. The highest BCUT2D eigenvalue weighted by molar-refractivity contribution is 6.19. The van der Waals surface area contributed by atoms with Gasteiger partial charge in [0.15, 0.2) is 0 Å². The average Bonchev–Trinajstić information content (AvgIpc) is 3.14. The van der Waals surface area contributed by atoms with Crippen LogP contribution in [0.15, 0.2) is 0 Å². The third kappa shape index (κ3) is 2.02. The van der Waals surface area contributed by atoms with Gasteiger partial charge < -0.3 is 0 Å². The van der Waals surface area contributed by atoms with Crippen molar-refractivity contribution in [3.8, 4) is 0 Å². The van der Waals surface area contributed by atoms with Gasteiger partial charge in [-0.1, -0.05) is 26.7 Å². The van der Waals surface area contributed by atoms with Crippen molar-refractivity contribution in [1.82, 2.24) is 10.2 Å². The minimum absolute atomic E-state index is 0.318. The van der Waals surface area contributed by atoms with Crippen LogP contribution in [-0.4, -0.2) is 29.3 Å². The lowest BCUT2D eigenvalue weighted by Gasteiger charge is -2.38. The molecule has 5 nitrogen and oxygen atoms in total. The topological polar surface area (TPSA) is 66.5 Å². The molecule has 0 bridgehead atoms. The Bertz CT molecular complexity index is 384. The van der Waals surface area contributed by atoms with Gasteiger partial charge >= 0.3 is 6.03 Å². The van der Waals surface area contributed by atoms with Gasteiger partial charge in [0.05, 0.1) is 0 Å². The first-order valence-electron chi connectivity index (χ1n) is 6.72. The van der Waals surface area contributed by atoms with Gasteiger partial charge in [0.2, 0.25) is 11.8 Å². The molecule has 4 amide bonds. The van der Waals surface area contributed by atoms with Crippen LogP contribution >= 0.6 is 0 Å². The van der Waals surface area contributed by atoms with Crippen LogP contribution in [0.4, 0.5) is 4.79 Å². The van der Waals surface area contributed by atoms with Crippen LogP contribution in [0, 0.1) is 11.3 Å². The molecule has 0 radical (unpaired) electrons. The molecule has 0 aromatic rings. The molecule has 0 atom stereocenters. The summed E-state index contributed by atoms with van der Waals surface area (Å²) in [5, 5.41) is 2.32. The summed E-state index contributed by atoms with van der Waals surface area (Å²) >= 11 is 0. The van der Waals surface area contributed by atoms with Gasteiger partial charge in [0, 0.05) is 6.54 Å². The van der Waals surface area contributed by atoms with Gasteiger partial charge in [0.25, 0.3) is 0 Å². The molecule has 0 aromatic heterocycles. The van der Waals surface area contributed by atoms with E-state index in [-0.39, 0.29) is 5.91 Å². The van der Waals surface area contributed by atoms with Gasteiger partial charge in [-0.2, -0.15) is 0 Å². The third-order valence-corrected chi connectivity index (χ3v) is 4.22. The molecule has 1 heterocycles. The van der Waals surface area contributed by atoms with E-state index in [2.05, 4.69) is 5.32 Å². The van der Waals surface area contributed by atoms with Crippen LogP contribution < -0.4 is 5.32 Å². The lowest BCUT2D eigenvalue weighted by molar-refractivity contribution is -0.152. The summed E-state index contributed by atoms with van der Waals surface area (Å²) in [6.07, 6.45) is 4.10. The highest BCUT2D eigenvalue weighted by Gasteiger charge is 2.51. The SMILES string of the molecule is CCC1(CC)C(=O)NC(=O)N(CCC2CC2)C1=O. The number of amides is 4. The molecule has 1 N–H and O–H groups in total. The fraction of sp³-hybridized carbons (Fsp3) is 0.769. The zero-order chi connectivity index (χ0) is 13.3. The zero-order valence-electron chi connectivity index (χ0n) is 11.0. The van der Waals surface area contributed by atoms with Crippen molar-refractivity contribution in [1.29, 1.82) is 0 Å². The second-order valence-corrected chi connectivity index (χ2v) is 5.24. The third-order valence-electron chi connectivity index (χ3n) is 4.22. The van der Waals surface area contributed by atoms with Crippen LogP contribution in [0.5, 0.6) is 0 Å². The molecule has 2 rings (SSSR count). The van der Waals surface area contributed by atoms with E-state index < -0.39 is 17.4 Å². The number of imide groups is 2. The highest BCUT2D eigenvalue weighted by Crippen LogP contribution is 2.35. The maximum Gasteiger partial charge on any atom is 0.330 e. The molecule has 1 saturated heterocycles. The van der Waals surface area contributed by atoms with Gasteiger partial charge in [-0.25, -0.2) is 4.79 Å². The standard InChI is InChI=1S/C13H20N2O3/c1-3-13(4-2)10(16)14-12(18)15(11(13)17)8-7-9-5-6-9/h9H,3-8H2,1-2H3,(H,14,16,18). The Kier molecular flexibility index (Phi) is 3.41. The molecule has 2 fully saturated rings. The second kappa shape index (κ2) is 4.71. The van der Waals surface area contributed by atoms with Crippen LogP contribution in [0.2, 0.25) is 0 Å². The number of carbonyl (C=O) groups is 3. The van der Waals surface area contributed by atoms with E-state index in [1.165, 1.54) is 17.7 Å². The van der Waals surface area contributed by atoms with Crippen LogP contribution in [0.1, 0.15) is 46.0 Å². The number of carbonyl (C=O) groups excluding carboxylic acids is 3. The number of barbiturate groups is 1. The van der Waals surface area contributed by atoms with Crippen molar-refractivity contribution in [2.75, 3.05) is 6.54 Å². The number of nitrogens with one attached hydrogen (secondary N) is 1. The Labute approximate surface area is 107 Å². The predicted octanol–water partition coefficient (Wildman–Crippen LogP) is 1.67. The van der Waals surface area contributed by atoms with E-state index in [1.54, 1.807) is 0 Å². The van der Waals surface area contributed by atoms with Crippen molar-refractivity contribution in [3.05, 3.63) is 0 Å². The maximum atomic E-state index is 12.4. The van der Waals surface area contributed by atoms with E-state index in [0.717, 1.165) is 6.42 Å². The summed E-state index contributed by atoms with van der Waals surface area (Å²) in [6.45, 7) is 4.07. The Morgan fingerprint density at radius 3 is 2.33 bits per heavy atom. The van der Waals surface area contributed by atoms with Crippen LogP contribution in [-0.2, 0) is 9.59 Å². The van der Waals surface area contributed by atoms with Crippen molar-refractivity contribution < 1.29 is 14.4 Å². The number of hydrogen-bond donors (Lipinski definition) is 1. The van der Waals surface area contributed by atoms with Crippen LogP contribution in [0.25, 0.3) is 0 Å². The maximum absolute atomic E-state index is 12.4. The number of rotatable bonds is 5. The monoisotopic (exact) mass is 252 g/mol. The molecule has 0 aromatic carbocycles. The smallest absolute Gasteiger partial charge is 0.277 e. The lowest BCUT2D eigenvalue weighted by Crippen LogP contribution is -2.63. The summed E-state index contributed by atoms with van der Waals surface area (Å²) in [7, 11) is 0. The van der Waals surface area contributed by atoms with Crippen molar-refractivity contribution >= 4 is 17.8 Å². The van der Waals surface area contributed by atoms with E-state index >= 15 is 0 Å². The largest absolute Gasteiger partial charge is 0.330 e. The summed E-state index contributed by atoms with van der Waals surface area (Å²) in [5.74, 6) is -0.104. The fourth-order valence-corrected chi connectivity index (χ4v) is 2.53. The molecule has 0 unspecified atom stereocenters. The average molecular weight is 252 g/mol. The molecule has 1 aliphatic carbocycles. The zero-order valence-corrected chi connectivity index (χ0v) is 11.0. The molecular formula is C13H20N2O3. The molecule has 1 saturated carbocycles. The molecule has 0 spiro atoms. The summed E-state index contributed by atoms with van der Waals surface area (Å²) in [4.78, 5) is 37.3. The predicted molar refractivity (Wildman–Crippen MR) is 65.6 cm³/mol. The minimum atomic E-state index is -1.04. The first kappa shape index (κ1) is 13.1. The quantitative estimate of drug-likeness (QED) is 0.757. The van der Waals surface area contributed by atoms with Crippen molar-refractivity contribution in [2.45, 2.75) is 46.0 Å². The van der Waals surface area contributed by atoms with Gasteiger partial charge in [-0.15, -0.1) is 0 Å². The fourth-order valence-electron chi connectivity index (χ4n) is 2.53. The van der Waals surface area contributed by atoms with Crippen LogP contribution in [0.3, 0.4) is 0 Å². The number of nitrogens with zero attached hydrogens (tertiary/aromatic N) is 1. The Morgan fingerprint density at radius 1 is 1.22 bits per heavy atom. The molecule has 5 heteroatoms. The molecule has 1 aliphatic heterocycles. The lowest BCUT2D eigenvalue weighted by atomic mass is 9.78. The van der Waals surface area contributed by atoms with E-state index in [9.17, 15) is 14.4 Å². The summed E-state index contributed by atoms with van der Waals surface area (Å²) in [5.41, 5.74) is -1.04. The Balaban J connectivity index is 2.15. The second-order valence-electron chi connectivity index (χ2n) is 5.24. The number of urea groups is 1. The van der Waals surface area contributed by atoms with E-state index in [0.29, 0.717) is 25.3 Å².